The maximum atomic E-state index is 5.80. The Morgan fingerprint density at radius 1 is 1.28 bits per heavy atom. The van der Waals surface area contributed by atoms with Gasteiger partial charge in [-0.2, -0.15) is 0 Å². The maximum Gasteiger partial charge on any atom is 0.131 e. The van der Waals surface area contributed by atoms with E-state index in [-0.39, 0.29) is 0 Å². The number of rotatable bonds is 4. The van der Waals surface area contributed by atoms with E-state index in [0.29, 0.717) is 5.02 Å². The van der Waals surface area contributed by atoms with E-state index in [4.69, 9.17) is 11.6 Å². The average Bonchev–Trinajstić information content (AvgIpc) is 2.41. The minimum absolute atomic E-state index is 0.632. The van der Waals surface area contributed by atoms with Crippen molar-refractivity contribution in [3.63, 3.8) is 0 Å². The highest BCUT2D eigenvalue weighted by Gasteiger charge is 2.05. The topological polar surface area (TPSA) is 50.7 Å². The second-order valence-electron chi connectivity index (χ2n) is 3.53. The molecule has 0 spiro atoms. The Morgan fingerprint density at radius 2 is 2.11 bits per heavy atom. The summed E-state index contributed by atoms with van der Waals surface area (Å²) in [7, 11) is 1.84. The van der Waals surface area contributed by atoms with Crippen molar-refractivity contribution in [1.82, 2.24) is 15.0 Å². The zero-order valence-electron chi connectivity index (χ0n) is 10.1. The largest absolute Gasteiger partial charge is 0.373 e. The van der Waals surface area contributed by atoms with Crippen LogP contribution in [0.25, 0.3) is 0 Å². The number of nitrogens with zero attached hydrogens (tertiary/aromatic N) is 3. The van der Waals surface area contributed by atoms with Crippen LogP contribution in [0.1, 0.15) is 12.7 Å². The van der Waals surface area contributed by atoms with E-state index in [1.807, 2.05) is 32.2 Å². The molecule has 2 aromatic rings. The number of nitrogens with one attached hydrogen (secondary N) is 1. The van der Waals surface area contributed by atoms with Gasteiger partial charge in [0, 0.05) is 25.7 Å². The Balaban J connectivity index is 2.25. The molecule has 0 fully saturated rings. The SMILES string of the molecule is CCc1nc(NC)cc(Sc2ccc(Cl)cn2)n1. The molecule has 0 aliphatic carbocycles. The smallest absolute Gasteiger partial charge is 0.131 e. The molecule has 18 heavy (non-hydrogen) atoms. The zero-order chi connectivity index (χ0) is 13.0. The van der Waals surface area contributed by atoms with Gasteiger partial charge in [0.25, 0.3) is 0 Å². The number of hydrogen-bond acceptors (Lipinski definition) is 5. The van der Waals surface area contributed by atoms with Crippen LogP contribution in [-0.4, -0.2) is 22.0 Å². The van der Waals surface area contributed by atoms with Crippen LogP contribution < -0.4 is 5.32 Å². The van der Waals surface area contributed by atoms with Crippen LogP contribution in [0.5, 0.6) is 0 Å². The minimum Gasteiger partial charge on any atom is -0.373 e. The molecule has 2 aromatic heterocycles. The Labute approximate surface area is 115 Å². The molecule has 0 saturated carbocycles. The monoisotopic (exact) mass is 280 g/mol. The number of pyridine rings is 1. The fraction of sp³-hybridized carbons (Fsp3) is 0.250. The van der Waals surface area contributed by atoms with E-state index >= 15 is 0 Å². The third-order valence-corrected chi connectivity index (χ3v) is 3.32. The number of hydrogen-bond donors (Lipinski definition) is 1. The summed E-state index contributed by atoms with van der Waals surface area (Å²) in [6, 6.07) is 5.59. The summed E-state index contributed by atoms with van der Waals surface area (Å²) in [5.74, 6) is 1.64. The van der Waals surface area contributed by atoms with Crippen LogP contribution >= 0.6 is 23.4 Å². The van der Waals surface area contributed by atoms with Crippen molar-refractivity contribution in [2.45, 2.75) is 23.4 Å². The van der Waals surface area contributed by atoms with Crippen LogP contribution in [0.15, 0.2) is 34.4 Å². The number of halogens is 1. The lowest BCUT2D eigenvalue weighted by molar-refractivity contribution is 0.890. The van der Waals surface area contributed by atoms with Crippen molar-refractivity contribution in [3.05, 3.63) is 35.2 Å². The van der Waals surface area contributed by atoms with Gasteiger partial charge in [-0.15, -0.1) is 0 Å². The third-order valence-electron chi connectivity index (χ3n) is 2.23. The third kappa shape index (κ3) is 3.34. The molecule has 94 valence electrons. The Kier molecular flexibility index (Phi) is 4.38. The lowest BCUT2D eigenvalue weighted by Gasteiger charge is -2.06. The normalized spacial score (nSPS) is 10.4. The second kappa shape index (κ2) is 6.02. The molecule has 0 unspecified atom stereocenters. The Bertz CT molecular complexity index is 508. The van der Waals surface area contributed by atoms with Gasteiger partial charge in [-0.3, -0.25) is 0 Å². The first kappa shape index (κ1) is 13.1. The highest BCUT2D eigenvalue weighted by atomic mass is 35.5. The van der Waals surface area contributed by atoms with E-state index in [9.17, 15) is 0 Å². The van der Waals surface area contributed by atoms with Crippen molar-refractivity contribution in [1.29, 1.82) is 0 Å². The van der Waals surface area contributed by atoms with Crippen molar-refractivity contribution in [3.8, 4) is 0 Å². The molecular formula is C12H13ClN4S. The predicted octanol–water partition coefficient (Wildman–Crippen LogP) is 3.28. The minimum atomic E-state index is 0.632. The fourth-order valence-corrected chi connectivity index (χ4v) is 2.23. The summed E-state index contributed by atoms with van der Waals surface area (Å²) in [6.45, 7) is 2.03. The first-order chi connectivity index (χ1) is 8.71. The second-order valence-corrected chi connectivity index (χ2v) is 5.01. The van der Waals surface area contributed by atoms with Gasteiger partial charge in [-0.1, -0.05) is 18.5 Å². The van der Waals surface area contributed by atoms with Crippen LogP contribution in [0.3, 0.4) is 0 Å². The van der Waals surface area contributed by atoms with Crippen LogP contribution in [0.4, 0.5) is 5.82 Å². The summed E-state index contributed by atoms with van der Waals surface area (Å²) < 4.78 is 0. The summed E-state index contributed by atoms with van der Waals surface area (Å²) in [4.78, 5) is 13.0. The van der Waals surface area contributed by atoms with Gasteiger partial charge in [0.1, 0.15) is 21.7 Å². The molecule has 1 N–H and O–H groups in total. The maximum absolute atomic E-state index is 5.80. The number of aromatic nitrogens is 3. The Morgan fingerprint density at radius 3 is 2.72 bits per heavy atom. The first-order valence-corrected chi connectivity index (χ1v) is 6.76. The lowest BCUT2D eigenvalue weighted by Crippen LogP contribution is -2.00. The van der Waals surface area contributed by atoms with E-state index in [1.165, 1.54) is 11.8 Å². The molecule has 2 heterocycles. The van der Waals surface area contributed by atoms with Crippen LogP contribution in [0, 0.1) is 0 Å². The molecule has 6 heteroatoms. The molecular weight excluding hydrogens is 268 g/mol. The molecule has 0 aliphatic rings. The summed E-state index contributed by atoms with van der Waals surface area (Å²) in [6.07, 6.45) is 2.43. The van der Waals surface area contributed by atoms with Gasteiger partial charge < -0.3 is 5.32 Å². The summed E-state index contributed by atoms with van der Waals surface area (Å²) in [5, 5.41) is 5.40. The molecule has 0 atom stereocenters. The van der Waals surface area contributed by atoms with Gasteiger partial charge in [-0.25, -0.2) is 15.0 Å². The Hall–Kier alpha value is -1.33. The molecule has 0 amide bonds. The van der Waals surface area contributed by atoms with Crippen molar-refractivity contribution in [2.75, 3.05) is 12.4 Å². The van der Waals surface area contributed by atoms with E-state index in [2.05, 4.69) is 20.3 Å². The zero-order valence-corrected chi connectivity index (χ0v) is 11.7. The molecule has 0 saturated heterocycles. The quantitative estimate of drug-likeness (QED) is 0.871. The van der Waals surface area contributed by atoms with Gasteiger partial charge in [-0.05, 0) is 23.9 Å². The van der Waals surface area contributed by atoms with Gasteiger partial charge in [0.15, 0.2) is 0 Å². The van der Waals surface area contributed by atoms with E-state index in [0.717, 1.165) is 28.1 Å². The average molecular weight is 281 g/mol. The first-order valence-electron chi connectivity index (χ1n) is 5.56. The lowest BCUT2D eigenvalue weighted by atomic mass is 10.4. The van der Waals surface area contributed by atoms with Crippen molar-refractivity contribution >= 4 is 29.2 Å². The molecule has 2 rings (SSSR count). The number of aryl methyl sites for hydroxylation is 1. The van der Waals surface area contributed by atoms with Crippen molar-refractivity contribution < 1.29 is 0 Å². The van der Waals surface area contributed by atoms with Crippen molar-refractivity contribution in [2.24, 2.45) is 0 Å². The fourth-order valence-electron chi connectivity index (χ4n) is 1.34. The number of anilines is 1. The summed E-state index contributed by atoms with van der Waals surface area (Å²) in [5.41, 5.74) is 0. The van der Waals surface area contributed by atoms with Gasteiger partial charge in [0.05, 0.1) is 5.02 Å². The molecule has 0 bridgehead atoms. The van der Waals surface area contributed by atoms with E-state index < -0.39 is 0 Å². The molecule has 0 aromatic carbocycles. The predicted molar refractivity (Wildman–Crippen MR) is 74.3 cm³/mol. The standard InChI is InChI=1S/C12H13ClN4S/c1-3-9-16-10(14-2)6-12(17-9)18-11-5-4-8(13)7-15-11/h4-7H,3H2,1-2H3,(H,14,16,17). The van der Waals surface area contributed by atoms with Crippen LogP contribution in [-0.2, 0) is 6.42 Å². The highest BCUT2D eigenvalue weighted by Crippen LogP contribution is 2.26. The molecule has 0 radical (unpaired) electrons. The summed E-state index contributed by atoms with van der Waals surface area (Å²) >= 11 is 7.30. The van der Waals surface area contributed by atoms with Crippen LogP contribution in [0.2, 0.25) is 5.02 Å². The van der Waals surface area contributed by atoms with Gasteiger partial charge in [0.2, 0.25) is 0 Å². The molecule has 4 nitrogen and oxygen atoms in total. The molecule has 0 aliphatic heterocycles. The van der Waals surface area contributed by atoms with Gasteiger partial charge >= 0.3 is 0 Å². The highest BCUT2D eigenvalue weighted by molar-refractivity contribution is 7.99. The van der Waals surface area contributed by atoms with E-state index in [1.54, 1.807) is 6.20 Å².